The number of nitrogens with one attached hydrogen (secondary N) is 1. The minimum Gasteiger partial charge on any atom is -0.497 e. The van der Waals surface area contributed by atoms with E-state index in [0.29, 0.717) is 12.2 Å². The summed E-state index contributed by atoms with van der Waals surface area (Å²) < 4.78 is 34.2. The molecule has 3 rings (SSSR count). The Balaban J connectivity index is 1.99. The molecule has 0 heterocycles. The lowest BCUT2D eigenvalue weighted by atomic mass is 10.1. The molecule has 40 heavy (non-hydrogen) atoms. The Morgan fingerprint density at radius 3 is 2.25 bits per heavy atom. The van der Waals surface area contributed by atoms with E-state index in [1.165, 1.54) is 24.1 Å². The van der Waals surface area contributed by atoms with Crippen molar-refractivity contribution in [2.45, 2.75) is 57.5 Å². The molecule has 0 aromatic heterocycles. The highest BCUT2D eigenvalue weighted by Gasteiger charge is 2.32. The fraction of sp³-hybridized carbons (Fsp3) is 0.355. The van der Waals surface area contributed by atoms with E-state index in [2.05, 4.69) is 5.32 Å². The van der Waals surface area contributed by atoms with Gasteiger partial charge in [-0.05, 0) is 63.4 Å². The predicted molar refractivity (Wildman–Crippen MR) is 158 cm³/mol. The number of carbonyl (C=O) groups is 2. The van der Waals surface area contributed by atoms with Crippen LogP contribution in [0, 0.1) is 6.92 Å². The lowest BCUT2D eigenvalue weighted by Crippen LogP contribution is -2.53. The standard InChI is InChI=1S/C31H39N3O5S/c1-6-24(3)32-31(36)25(4)33(20-19-26-11-8-7-9-12-26)30(35)22-34(27-13-10-14-28(21-27)39-5)40(37,38)29-17-15-23(2)16-18-29/h7-18,21,24-25H,6,19-20,22H2,1-5H3,(H,32,36)/t24-,25-/m0/s1. The molecule has 1 N–H and O–H groups in total. The second-order valence-corrected chi connectivity index (χ2v) is 11.7. The normalized spacial score (nSPS) is 12.7. The molecule has 2 atom stereocenters. The summed E-state index contributed by atoms with van der Waals surface area (Å²) in [6.07, 6.45) is 1.26. The molecule has 0 aliphatic rings. The molecule has 214 valence electrons. The van der Waals surface area contributed by atoms with E-state index in [-0.39, 0.29) is 29.1 Å². The van der Waals surface area contributed by atoms with Gasteiger partial charge >= 0.3 is 0 Å². The number of nitrogens with zero attached hydrogens (tertiary/aromatic N) is 2. The fourth-order valence-corrected chi connectivity index (χ4v) is 5.57. The van der Waals surface area contributed by atoms with Gasteiger partial charge in [0.2, 0.25) is 11.8 Å². The molecule has 0 fully saturated rings. The third-order valence-corrected chi connectivity index (χ3v) is 8.67. The molecule has 0 saturated heterocycles. The molecule has 0 bridgehead atoms. The zero-order chi connectivity index (χ0) is 29.3. The van der Waals surface area contributed by atoms with Crippen molar-refractivity contribution in [1.29, 1.82) is 0 Å². The van der Waals surface area contributed by atoms with Gasteiger partial charge in [0.05, 0.1) is 17.7 Å². The Kier molecular flexibility index (Phi) is 10.7. The van der Waals surface area contributed by atoms with E-state index in [9.17, 15) is 18.0 Å². The molecule has 0 aliphatic heterocycles. The van der Waals surface area contributed by atoms with Crippen molar-refractivity contribution < 1.29 is 22.7 Å². The average Bonchev–Trinajstić information content (AvgIpc) is 2.96. The van der Waals surface area contributed by atoms with Crippen LogP contribution in [0.15, 0.2) is 83.8 Å². The first-order chi connectivity index (χ1) is 19.1. The first kappa shape index (κ1) is 30.7. The van der Waals surface area contributed by atoms with Crippen LogP contribution in [0.2, 0.25) is 0 Å². The Hall–Kier alpha value is -3.85. The van der Waals surface area contributed by atoms with Gasteiger partial charge in [-0.25, -0.2) is 8.42 Å². The third kappa shape index (κ3) is 7.85. The van der Waals surface area contributed by atoms with Crippen LogP contribution in [0.5, 0.6) is 5.75 Å². The van der Waals surface area contributed by atoms with Crippen molar-refractivity contribution in [3.8, 4) is 5.75 Å². The number of ether oxygens (including phenoxy) is 1. The molecule has 0 aliphatic carbocycles. The summed E-state index contributed by atoms with van der Waals surface area (Å²) in [6, 6.07) is 21.8. The largest absolute Gasteiger partial charge is 0.497 e. The summed E-state index contributed by atoms with van der Waals surface area (Å²) in [5, 5.41) is 2.94. The fourth-order valence-electron chi connectivity index (χ4n) is 4.17. The maximum absolute atomic E-state index is 13.9. The van der Waals surface area contributed by atoms with Gasteiger partial charge in [0.25, 0.3) is 10.0 Å². The van der Waals surface area contributed by atoms with E-state index in [1.54, 1.807) is 43.3 Å². The van der Waals surface area contributed by atoms with Gasteiger partial charge in [-0.1, -0.05) is 61.0 Å². The summed E-state index contributed by atoms with van der Waals surface area (Å²) >= 11 is 0. The molecule has 0 unspecified atom stereocenters. The highest BCUT2D eigenvalue weighted by Crippen LogP contribution is 2.27. The van der Waals surface area contributed by atoms with E-state index in [0.717, 1.165) is 21.9 Å². The number of benzene rings is 3. The smallest absolute Gasteiger partial charge is 0.264 e. The van der Waals surface area contributed by atoms with Gasteiger partial charge in [-0.3, -0.25) is 13.9 Å². The summed E-state index contributed by atoms with van der Waals surface area (Å²) in [5.41, 5.74) is 2.20. The minimum absolute atomic E-state index is 0.0591. The molecule has 3 aromatic carbocycles. The number of carbonyl (C=O) groups excluding carboxylic acids is 2. The van der Waals surface area contributed by atoms with Crippen molar-refractivity contribution in [3.05, 3.63) is 90.0 Å². The number of sulfonamides is 1. The molecule has 3 aromatic rings. The van der Waals surface area contributed by atoms with E-state index in [1.807, 2.05) is 51.1 Å². The highest BCUT2D eigenvalue weighted by atomic mass is 32.2. The number of amides is 2. The molecular weight excluding hydrogens is 526 g/mol. The van der Waals surface area contributed by atoms with Crippen LogP contribution in [-0.4, -0.2) is 57.4 Å². The molecular formula is C31H39N3O5S. The number of aryl methyl sites for hydroxylation is 1. The van der Waals surface area contributed by atoms with Gasteiger partial charge in [0, 0.05) is 18.7 Å². The molecule has 0 spiro atoms. The molecule has 9 heteroatoms. The monoisotopic (exact) mass is 565 g/mol. The predicted octanol–water partition coefficient (Wildman–Crippen LogP) is 4.57. The van der Waals surface area contributed by atoms with Crippen LogP contribution in [0.3, 0.4) is 0 Å². The number of methoxy groups -OCH3 is 1. The maximum atomic E-state index is 13.9. The lowest BCUT2D eigenvalue weighted by molar-refractivity contribution is -0.139. The van der Waals surface area contributed by atoms with Gasteiger partial charge in [0.1, 0.15) is 18.3 Å². The van der Waals surface area contributed by atoms with E-state index < -0.39 is 28.5 Å². The van der Waals surface area contributed by atoms with Crippen molar-refractivity contribution >= 4 is 27.5 Å². The molecule has 2 amide bonds. The van der Waals surface area contributed by atoms with Crippen LogP contribution < -0.4 is 14.4 Å². The van der Waals surface area contributed by atoms with Crippen LogP contribution in [0.25, 0.3) is 0 Å². The topological polar surface area (TPSA) is 96.0 Å². The van der Waals surface area contributed by atoms with Crippen molar-refractivity contribution in [2.24, 2.45) is 0 Å². The van der Waals surface area contributed by atoms with Crippen molar-refractivity contribution in [2.75, 3.05) is 24.5 Å². The van der Waals surface area contributed by atoms with Gasteiger partial charge in [0.15, 0.2) is 0 Å². The highest BCUT2D eigenvalue weighted by molar-refractivity contribution is 7.92. The van der Waals surface area contributed by atoms with Crippen molar-refractivity contribution in [3.63, 3.8) is 0 Å². The van der Waals surface area contributed by atoms with Gasteiger partial charge < -0.3 is 15.0 Å². The number of hydrogen-bond donors (Lipinski definition) is 1. The molecule has 0 saturated carbocycles. The average molecular weight is 566 g/mol. The van der Waals surface area contributed by atoms with Crippen LogP contribution >= 0.6 is 0 Å². The zero-order valence-corrected chi connectivity index (χ0v) is 24.6. The van der Waals surface area contributed by atoms with Crippen molar-refractivity contribution in [1.82, 2.24) is 10.2 Å². The summed E-state index contributed by atoms with van der Waals surface area (Å²) in [6.45, 7) is 7.17. The van der Waals surface area contributed by atoms with E-state index in [4.69, 9.17) is 4.74 Å². The Morgan fingerprint density at radius 2 is 1.62 bits per heavy atom. The summed E-state index contributed by atoms with van der Waals surface area (Å²) in [4.78, 5) is 28.6. The van der Waals surface area contributed by atoms with Gasteiger partial charge in [-0.15, -0.1) is 0 Å². The van der Waals surface area contributed by atoms with Crippen LogP contribution in [0.4, 0.5) is 5.69 Å². The van der Waals surface area contributed by atoms with E-state index >= 15 is 0 Å². The zero-order valence-electron chi connectivity index (χ0n) is 23.8. The second-order valence-electron chi connectivity index (χ2n) is 9.84. The number of anilines is 1. The van der Waals surface area contributed by atoms with Gasteiger partial charge in [-0.2, -0.15) is 0 Å². The Bertz CT molecular complexity index is 1380. The first-order valence-corrected chi connectivity index (χ1v) is 14.9. The summed E-state index contributed by atoms with van der Waals surface area (Å²) in [7, 11) is -2.64. The quantitative estimate of drug-likeness (QED) is 0.328. The number of hydrogen-bond acceptors (Lipinski definition) is 5. The SMILES string of the molecule is CC[C@H](C)NC(=O)[C@H](C)N(CCc1ccccc1)C(=O)CN(c1cccc(OC)c1)S(=O)(=O)c1ccc(C)cc1. The Labute approximate surface area is 238 Å². The summed E-state index contributed by atoms with van der Waals surface area (Å²) in [5.74, 6) is -0.317. The molecule has 8 nitrogen and oxygen atoms in total. The first-order valence-electron chi connectivity index (χ1n) is 13.4. The second kappa shape index (κ2) is 14.0. The third-order valence-electron chi connectivity index (χ3n) is 6.88. The molecule has 0 radical (unpaired) electrons. The van der Waals surface area contributed by atoms with Crippen LogP contribution in [-0.2, 0) is 26.0 Å². The van der Waals surface area contributed by atoms with Crippen LogP contribution in [0.1, 0.15) is 38.3 Å². The maximum Gasteiger partial charge on any atom is 0.264 e. The lowest BCUT2D eigenvalue weighted by Gasteiger charge is -2.32. The number of rotatable bonds is 13. The Morgan fingerprint density at radius 1 is 0.950 bits per heavy atom. The minimum atomic E-state index is -4.13.